The van der Waals surface area contributed by atoms with E-state index in [4.69, 9.17) is 4.74 Å². The van der Waals surface area contributed by atoms with Crippen LogP contribution in [0.1, 0.15) is 84.6 Å². The van der Waals surface area contributed by atoms with Crippen LogP contribution in [0.15, 0.2) is 30.3 Å². The van der Waals surface area contributed by atoms with Gasteiger partial charge >= 0.3 is 6.09 Å². The van der Waals surface area contributed by atoms with E-state index >= 15 is 0 Å². The molecule has 3 N–H and O–H groups in total. The molecular formula is C32H49NO4. The highest BCUT2D eigenvalue weighted by atomic mass is 16.5. The highest BCUT2D eigenvalue weighted by Crippen LogP contribution is 2.69. The summed E-state index contributed by atoms with van der Waals surface area (Å²) in [5, 5.41) is 25.3. The van der Waals surface area contributed by atoms with E-state index < -0.39 is 0 Å². The van der Waals surface area contributed by atoms with Crippen LogP contribution < -0.4 is 5.32 Å². The Bertz CT molecular complexity index is 938. The Morgan fingerprint density at radius 2 is 1.73 bits per heavy atom. The van der Waals surface area contributed by atoms with E-state index in [0.717, 1.165) is 37.7 Å². The summed E-state index contributed by atoms with van der Waals surface area (Å²) in [4.78, 5) is 12.4. The third-order valence-corrected chi connectivity index (χ3v) is 11.9. The Labute approximate surface area is 223 Å². The number of rotatable bonds is 6. The van der Waals surface area contributed by atoms with Crippen LogP contribution in [0.2, 0.25) is 0 Å². The first kappa shape index (κ1) is 27.0. The van der Waals surface area contributed by atoms with Gasteiger partial charge in [-0.2, -0.15) is 0 Å². The van der Waals surface area contributed by atoms with Crippen LogP contribution >= 0.6 is 0 Å². The maximum absolute atomic E-state index is 12.4. The summed E-state index contributed by atoms with van der Waals surface area (Å²) in [5.74, 6) is 2.95. The maximum atomic E-state index is 12.4. The Balaban J connectivity index is 1.25. The number of ether oxygens (including phenoxy) is 1. The number of nitrogens with one attached hydrogen (secondary N) is 1. The van der Waals surface area contributed by atoms with Crippen molar-refractivity contribution in [2.45, 2.75) is 97.8 Å². The average molecular weight is 512 g/mol. The number of carbonyl (C=O) groups excluding carboxylic acids is 1. The molecule has 0 spiro atoms. The highest BCUT2D eigenvalue weighted by molar-refractivity contribution is 5.67. The van der Waals surface area contributed by atoms with Crippen molar-refractivity contribution < 1.29 is 19.7 Å². The molecule has 5 nitrogen and oxygen atoms in total. The summed E-state index contributed by atoms with van der Waals surface area (Å²) in [6.07, 6.45) is 7.75. The van der Waals surface area contributed by atoms with E-state index in [1.54, 1.807) is 0 Å². The molecule has 206 valence electrons. The summed E-state index contributed by atoms with van der Waals surface area (Å²) in [6.45, 7) is 10.4. The minimum atomic E-state index is -0.342. The minimum Gasteiger partial charge on any atom is -0.449 e. The lowest BCUT2D eigenvalue weighted by Crippen LogP contribution is -2.62. The van der Waals surface area contributed by atoms with Crippen LogP contribution in [0.5, 0.6) is 0 Å². The second kappa shape index (κ2) is 10.5. The second-order valence-electron chi connectivity index (χ2n) is 13.5. The Morgan fingerprint density at radius 3 is 2.46 bits per heavy atom. The molecule has 1 amide bonds. The molecule has 0 unspecified atom stereocenters. The SMILES string of the molecule is CC[C@H]1[C@@H](O)[C@@H]2[C@H](CC[C@]3(C)[C@@H]([C@H](C)COC(=O)NCc4ccccc4)CC[C@@H]23)[C@@]2(C)CC[C@@H](O)C[C@@H]12. The first-order chi connectivity index (χ1) is 17.7. The van der Waals surface area contributed by atoms with Crippen molar-refractivity contribution in [2.75, 3.05) is 6.61 Å². The molecule has 4 aliphatic rings. The Hall–Kier alpha value is -1.59. The van der Waals surface area contributed by atoms with Gasteiger partial charge in [-0.1, -0.05) is 64.4 Å². The number of aliphatic hydroxyl groups excluding tert-OH is 2. The van der Waals surface area contributed by atoms with Crippen LogP contribution in [0, 0.1) is 52.3 Å². The van der Waals surface area contributed by atoms with Crippen LogP contribution in [-0.2, 0) is 11.3 Å². The van der Waals surface area contributed by atoms with Gasteiger partial charge in [-0.05, 0) is 103 Å². The third kappa shape index (κ3) is 4.73. The molecule has 5 heteroatoms. The highest BCUT2D eigenvalue weighted by Gasteiger charge is 2.64. The topological polar surface area (TPSA) is 78.8 Å². The van der Waals surface area contributed by atoms with Crippen LogP contribution in [0.25, 0.3) is 0 Å². The molecule has 4 fully saturated rings. The fourth-order valence-electron chi connectivity index (χ4n) is 10.1. The van der Waals surface area contributed by atoms with E-state index in [-0.39, 0.29) is 35.0 Å². The fourth-order valence-corrected chi connectivity index (χ4v) is 10.1. The third-order valence-electron chi connectivity index (χ3n) is 11.9. The average Bonchev–Trinajstić information content (AvgIpc) is 3.25. The summed E-state index contributed by atoms with van der Waals surface area (Å²) < 4.78 is 5.70. The number of amides is 1. The molecule has 0 radical (unpaired) electrons. The van der Waals surface area contributed by atoms with Gasteiger partial charge in [0.05, 0.1) is 18.8 Å². The zero-order valence-corrected chi connectivity index (χ0v) is 23.4. The quantitative estimate of drug-likeness (QED) is 0.426. The predicted octanol–water partition coefficient (Wildman–Crippen LogP) is 6.18. The molecule has 1 aromatic carbocycles. The Morgan fingerprint density at radius 1 is 1.03 bits per heavy atom. The smallest absolute Gasteiger partial charge is 0.407 e. The number of alkyl carbamates (subject to hydrolysis) is 1. The maximum Gasteiger partial charge on any atom is 0.407 e. The van der Waals surface area contributed by atoms with Gasteiger partial charge in [0, 0.05) is 6.54 Å². The summed E-state index contributed by atoms with van der Waals surface area (Å²) >= 11 is 0. The lowest BCUT2D eigenvalue weighted by atomic mass is 9.41. The molecule has 0 aliphatic heterocycles. The van der Waals surface area contributed by atoms with E-state index in [9.17, 15) is 15.0 Å². The molecule has 37 heavy (non-hydrogen) atoms. The van der Waals surface area contributed by atoms with Crippen molar-refractivity contribution in [3.8, 4) is 0 Å². The van der Waals surface area contributed by atoms with Crippen molar-refractivity contribution in [1.82, 2.24) is 5.32 Å². The minimum absolute atomic E-state index is 0.182. The van der Waals surface area contributed by atoms with Gasteiger partial charge in [-0.15, -0.1) is 0 Å². The molecular weight excluding hydrogens is 462 g/mol. The predicted molar refractivity (Wildman–Crippen MR) is 146 cm³/mol. The number of fused-ring (bicyclic) bond motifs is 5. The zero-order chi connectivity index (χ0) is 26.4. The molecule has 4 aliphatic carbocycles. The number of aliphatic hydroxyl groups is 2. The number of carbonyl (C=O) groups is 1. The van der Waals surface area contributed by atoms with Gasteiger partial charge in [-0.3, -0.25) is 0 Å². The van der Waals surface area contributed by atoms with Gasteiger partial charge in [0.25, 0.3) is 0 Å². The van der Waals surface area contributed by atoms with Crippen molar-refractivity contribution in [3.05, 3.63) is 35.9 Å². The van der Waals surface area contributed by atoms with Gasteiger partial charge in [0.2, 0.25) is 0 Å². The van der Waals surface area contributed by atoms with E-state index in [0.29, 0.717) is 48.7 Å². The first-order valence-corrected chi connectivity index (χ1v) is 15.0. The molecule has 0 aromatic heterocycles. The fraction of sp³-hybridized carbons (Fsp3) is 0.781. The lowest BCUT2D eigenvalue weighted by molar-refractivity contribution is -0.203. The molecule has 0 heterocycles. The largest absolute Gasteiger partial charge is 0.449 e. The van der Waals surface area contributed by atoms with E-state index in [1.807, 2.05) is 30.3 Å². The van der Waals surface area contributed by atoms with Crippen LogP contribution in [0.4, 0.5) is 4.79 Å². The van der Waals surface area contributed by atoms with Crippen LogP contribution in [-0.4, -0.2) is 35.1 Å². The summed E-state index contributed by atoms with van der Waals surface area (Å²) in [7, 11) is 0. The van der Waals surface area contributed by atoms with E-state index in [1.165, 1.54) is 19.3 Å². The zero-order valence-electron chi connectivity index (χ0n) is 23.4. The monoisotopic (exact) mass is 511 g/mol. The summed E-state index contributed by atoms with van der Waals surface area (Å²) in [5.41, 5.74) is 1.48. The molecule has 1 aromatic rings. The number of hydrogen-bond acceptors (Lipinski definition) is 4. The molecule has 0 bridgehead atoms. The molecule has 0 saturated heterocycles. The Kier molecular flexibility index (Phi) is 7.68. The van der Waals surface area contributed by atoms with Crippen molar-refractivity contribution in [3.63, 3.8) is 0 Å². The van der Waals surface area contributed by atoms with E-state index in [2.05, 4.69) is 33.0 Å². The van der Waals surface area contributed by atoms with Crippen molar-refractivity contribution >= 4 is 6.09 Å². The van der Waals surface area contributed by atoms with Gasteiger partial charge in [0.15, 0.2) is 0 Å². The van der Waals surface area contributed by atoms with Crippen molar-refractivity contribution in [1.29, 1.82) is 0 Å². The van der Waals surface area contributed by atoms with Gasteiger partial charge in [-0.25, -0.2) is 4.79 Å². The number of benzene rings is 1. The molecule has 4 saturated carbocycles. The van der Waals surface area contributed by atoms with Crippen LogP contribution in [0.3, 0.4) is 0 Å². The molecule has 5 rings (SSSR count). The first-order valence-electron chi connectivity index (χ1n) is 15.0. The summed E-state index contributed by atoms with van der Waals surface area (Å²) in [6, 6.07) is 9.92. The lowest BCUT2D eigenvalue weighted by Gasteiger charge is -2.64. The van der Waals surface area contributed by atoms with Gasteiger partial charge in [0.1, 0.15) is 0 Å². The normalized spacial score (nSPS) is 43.7. The van der Waals surface area contributed by atoms with Gasteiger partial charge < -0.3 is 20.3 Å². The molecule has 11 atom stereocenters. The standard InChI is InChI=1S/C32H49NO4/c1-5-23-27-17-22(34)13-15-32(27,4)26-14-16-31(3)24(11-12-25(31)28(26)29(23)35)20(2)19-37-30(36)33-18-21-9-7-6-8-10-21/h6-10,20,22-29,34-35H,5,11-19H2,1-4H3,(H,33,36)/t20-,22-,23-,24-,25+,26+,27+,28+,29-,31-,32-/m1/s1. The van der Waals surface area contributed by atoms with Crippen molar-refractivity contribution in [2.24, 2.45) is 52.3 Å². The second-order valence-corrected chi connectivity index (χ2v) is 13.5. The number of hydrogen-bond donors (Lipinski definition) is 3.